The van der Waals surface area contributed by atoms with Crippen LogP contribution in [0.4, 0.5) is 5.88 Å². The number of carbonyl (C=O) groups excluding carboxylic acids is 1. The third-order valence-electron chi connectivity index (χ3n) is 4.93. The van der Waals surface area contributed by atoms with Crippen LogP contribution in [0.3, 0.4) is 0 Å². The number of benzene rings is 1. The van der Waals surface area contributed by atoms with Crippen molar-refractivity contribution in [1.82, 2.24) is 9.47 Å². The minimum atomic E-state index is -0.679. The zero-order valence-electron chi connectivity index (χ0n) is 14.6. The summed E-state index contributed by atoms with van der Waals surface area (Å²) in [7, 11) is 0. The van der Waals surface area contributed by atoms with Crippen molar-refractivity contribution in [3.05, 3.63) is 62.3 Å². The highest BCUT2D eigenvalue weighted by molar-refractivity contribution is 5.91. The molecule has 2 aromatic heterocycles. The summed E-state index contributed by atoms with van der Waals surface area (Å²) in [4.78, 5) is 36.4. The van der Waals surface area contributed by atoms with Crippen molar-refractivity contribution in [3.63, 3.8) is 0 Å². The fourth-order valence-electron chi connectivity index (χ4n) is 3.61. The van der Waals surface area contributed by atoms with Crippen molar-refractivity contribution >= 4 is 22.9 Å². The lowest BCUT2D eigenvalue weighted by molar-refractivity contribution is -0.402. The van der Waals surface area contributed by atoms with Crippen LogP contribution in [0.2, 0.25) is 0 Å². The Morgan fingerprint density at radius 3 is 2.59 bits per heavy atom. The molecule has 3 aromatic rings. The molecule has 0 spiro atoms. The molecule has 0 bridgehead atoms. The first-order valence-corrected chi connectivity index (χ1v) is 8.60. The Hall–Kier alpha value is -3.36. The number of hydrogen-bond donors (Lipinski definition) is 0. The van der Waals surface area contributed by atoms with E-state index in [2.05, 4.69) is 0 Å². The number of carbonyl (C=O) groups is 1. The first-order chi connectivity index (χ1) is 13.0. The maximum Gasteiger partial charge on any atom is 0.433 e. The quantitative estimate of drug-likeness (QED) is 0.517. The molecule has 9 heteroatoms. The summed E-state index contributed by atoms with van der Waals surface area (Å²) in [6, 6.07) is 7.94. The molecular weight excluding hydrogens is 354 g/mol. The van der Waals surface area contributed by atoms with Crippen LogP contribution in [-0.2, 0) is 0 Å². The average molecular weight is 371 g/mol. The van der Waals surface area contributed by atoms with Gasteiger partial charge in [0.15, 0.2) is 11.3 Å². The van der Waals surface area contributed by atoms with Gasteiger partial charge in [0.25, 0.3) is 5.91 Å². The fourth-order valence-corrected chi connectivity index (χ4v) is 3.61. The summed E-state index contributed by atoms with van der Waals surface area (Å²) in [5, 5.41) is 10.7. The summed E-state index contributed by atoms with van der Waals surface area (Å²) in [6.07, 6.45) is 1.16. The molecule has 0 atom stereocenters. The van der Waals surface area contributed by atoms with Crippen LogP contribution in [-0.4, -0.2) is 33.4 Å². The monoisotopic (exact) mass is 371 g/mol. The molecule has 4 rings (SSSR count). The number of rotatable bonds is 3. The van der Waals surface area contributed by atoms with E-state index >= 15 is 0 Å². The SMILES string of the molecule is Cc1cccc2oc(=O)n(C3CCN(C(=O)c4ccc([N+](=O)[O-])o4)CC3)c12. The Morgan fingerprint density at radius 1 is 1.19 bits per heavy atom. The summed E-state index contributed by atoms with van der Waals surface area (Å²) in [5.74, 6) is -1.30. The molecule has 1 amide bonds. The summed E-state index contributed by atoms with van der Waals surface area (Å²) < 4.78 is 12.0. The summed E-state index contributed by atoms with van der Waals surface area (Å²) >= 11 is 0. The molecule has 27 heavy (non-hydrogen) atoms. The number of fused-ring (bicyclic) bond motifs is 1. The zero-order valence-corrected chi connectivity index (χ0v) is 14.6. The van der Waals surface area contributed by atoms with E-state index in [1.807, 2.05) is 19.1 Å². The molecule has 0 N–H and O–H groups in total. The molecular formula is C18H17N3O6. The van der Waals surface area contributed by atoms with E-state index in [1.165, 1.54) is 12.1 Å². The van der Waals surface area contributed by atoms with Gasteiger partial charge in [0.1, 0.15) is 4.92 Å². The van der Waals surface area contributed by atoms with E-state index in [-0.39, 0.29) is 17.7 Å². The molecule has 1 aliphatic heterocycles. The summed E-state index contributed by atoms with van der Waals surface area (Å²) in [6.45, 7) is 2.77. The van der Waals surface area contributed by atoms with Gasteiger partial charge in [0.2, 0.25) is 0 Å². The lowest BCUT2D eigenvalue weighted by Gasteiger charge is -2.31. The van der Waals surface area contributed by atoms with Crippen LogP contribution in [0, 0.1) is 17.0 Å². The van der Waals surface area contributed by atoms with Crippen LogP contribution in [0.5, 0.6) is 0 Å². The number of aryl methyl sites for hydroxylation is 1. The number of piperidine rings is 1. The molecule has 1 saturated heterocycles. The van der Waals surface area contributed by atoms with Crippen LogP contribution in [0.25, 0.3) is 11.1 Å². The van der Waals surface area contributed by atoms with E-state index < -0.39 is 16.6 Å². The Labute approximate surface area is 152 Å². The second kappa shape index (κ2) is 6.42. The molecule has 1 aromatic carbocycles. The standard InChI is InChI=1S/C18H17N3O6/c1-11-3-2-4-13-16(11)20(18(23)27-13)12-7-9-19(10-8-12)17(22)14-5-6-15(26-14)21(24)25/h2-6,12H,7-10H2,1H3. The van der Waals surface area contributed by atoms with E-state index in [0.29, 0.717) is 31.5 Å². The molecule has 1 aliphatic rings. The van der Waals surface area contributed by atoms with Gasteiger partial charge in [-0.2, -0.15) is 0 Å². The molecule has 0 unspecified atom stereocenters. The van der Waals surface area contributed by atoms with E-state index in [9.17, 15) is 19.7 Å². The van der Waals surface area contributed by atoms with Gasteiger partial charge >= 0.3 is 11.6 Å². The predicted molar refractivity (Wildman–Crippen MR) is 94.7 cm³/mol. The van der Waals surface area contributed by atoms with Crippen molar-refractivity contribution in [1.29, 1.82) is 0 Å². The zero-order chi connectivity index (χ0) is 19.1. The van der Waals surface area contributed by atoms with Gasteiger partial charge in [0.05, 0.1) is 11.6 Å². The molecule has 0 radical (unpaired) electrons. The smallest absolute Gasteiger partial charge is 0.408 e. The van der Waals surface area contributed by atoms with Gasteiger partial charge in [-0.3, -0.25) is 19.5 Å². The normalized spacial score (nSPS) is 15.4. The number of nitro groups is 1. The predicted octanol–water partition coefficient (Wildman–Crippen LogP) is 2.88. The Balaban J connectivity index is 1.52. The lowest BCUT2D eigenvalue weighted by Crippen LogP contribution is -2.40. The van der Waals surface area contributed by atoms with Gasteiger partial charge in [0, 0.05) is 19.1 Å². The highest BCUT2D eigenvalue weighted by atomic mass is 16.6. The number of oxazole rings is 1. The Morgan fingerprint density at radius 2 is 1.93 bits per heavy atom. The van der Waals surface area contributed by atoms with E-state index in [4.69, 9.17) is 8.83 Å². The third kappa shape index (κ3) is 2.90. The Kier molecular flexibility index (Phi) is 4.06. The van der Waals surface area contributed by atoms with Crippen molar-refractivity contribution in [2.75, 3.05) is 13.1 Å². The minimum Gasteiger partial charge on any atom is -0.408 e. The van der Waals surface area contributed by atoms with Crippen LogP contribution in [0.1, 0.15) is 35.0 Å². The van der Waals surface area contributed by atoms with Crippen LogP contribution < -0.4 is 5.76 Å². The van der Waals surface area contributed by atoms with Crippen molar-refractivity contribution in [3.8, 4) is 0 Å². The average Bonchev–Trinajstić information content (AvgIpc) is 3.26. The maximum atomic E-state index is 12.5. The molecule has 9 nitrogen and oxygen atoms in total. The number of likely N-dealkylation sites (tertiary alicyclic amines) is 1. The molecule has 140 valence electrons. The first-order valence-electron chi connectivity index (χ1n) is 8.60. The number of furan rings is 1. The fraction of sp³-hybridized carbons (Fsp3) is 0.333. The first kappa shape index (κ1) is 17.1. The minimum absolute atomic E-state index is 0.0538. The lowest BCUT2D eigenvalue weighted by atomic mass is 10.0. The molecule has 1 fully saturated rings. The van der Waals surface area contributed by atoms with Gasteiger partial charge < -0.3 is 13.7 Å². The number of aromatic nitrogens is 1. The highest BCUT2D eigenvalue weighted by Gasteiger charge is 2.29. The van der Waals surface area contributed by atoms with Gasteiger partial charge in [-0.1, -0.05) is 12.1 Å². The highest BCUT2D eigenvalue weighted by Crippen LogP contribution is 2.28. The van der Waals surface area contributed by atoms with Crippen LogP contribution in [0.15, 0.2) is 44.0 Å². The second-order valence-corrected chi connectivity index (χ2v) is 6.58. The largest absolute Gasteiger partial charge is 0.433 e. The van der Waals surface area contributed by atoms with E-state index in [1.54, 1.807) is 15.5 Å². The van der Waals surface area contributed by atoms with E-state index in [0.717, 1.165) is 11.1 Å². The number of para-hydroxylation sites is 1. The van der Waals surface area contributed by atoms with Gasteiger partial charge in [-0.05, 0) is 37.5 Å². The van der Waals surface area contributed by atoms with Gasteiger partial charge in [-0.25, -0.2) is 4.79 Å². The van der Waals surface area contributed by atoms with Crippen LogP contribution >= 0.6 is 0 Å². The topological polar surface area (TPSA) is 112 Å². The third-order valence-corrected chi connectivity index (χ3v) is 4.93. The van der Waals surface area contributed by atoms with Crippen molar-refractivity contribution in [2.24, 2.45) is 0 Å². The van der Waals surface area contributed by atoms with Gasteiger partial charge in [-0.15, -0.1) is 0 Å². The molecule has 3 heterocycles. The second-order valence-electron chi connectivity index (χ2n) is 6.58. The van der Waals surface area contributed by atoms with Crippen molar-refractivity contribution in [2.45, 2.75) is 25.8 Å². The molecule has 0 aliphatic carbocycles. The summed E-state index contributed by atoms with van der Waals surface area (Å²) in [5.41, 5.74) is 2.30. The maximum absolute atomic E-state index is 12.5. The Bertz CT molecular complexity index is 1080. The number of hydrogen-bond acceptors (Lipinski definition) is 6. The molecule has 0 saturated carbocycles. The number of amides is 1. The van der Waals surface area contributed by atoms with Crippen molar-refractivity contribution < 1.29 is 18.6 Å². The number of nitrogens with zero attached hydrogens (tertiary/aromatic N) is 3.